The molecule has 0 radical (unpaired) electrons. The minimum Gasteiger partial charge on any atom is -0.387 e. The Hall–Kier alpha value is -0.460. The summed E-state index contributed by atoms with van der Waals surface area (Å²) in [5, 5.41) is 8.74. The van der Waals surface area contributed by atoms with Crippen molar-refractivity contribution in [3.63, 3.8) is 0 Å². The van der Waals surface area contributed by atoms with Crippen LogP contribution in [-0.4, -0.2) is 25.0 Å². The summed E-state index contributed by atoms with van der Waals surface area (Å²) in [5.41, 5.74) is -0.0210. The maximum absolute atomic E-state index is 13.4. The second-order valence-corrected chi connectivity index (χ2v) is 6.96. The molecule has 0 aliphatic carbocycles. The molecule has 2 atom stereocenters. The van der Waals surface area contributed by atoms with Crippen LogP contribution in [0, 0.1) is 5.82 Å². The lowest BCUT2D eigenvalue weighted by atomic mass is 10.1. The summed E-state index contributed by atoms with van der Waals surface area (Å²) < 4.78 is 36.5. The lowest BCUT2D eigenvalue weighted by Crippen LogP contribution is -2.25. The zero-order chi connectivity index (χ0) is 12.5. The molecule has 0 saturated carbocycles. The van der Waals surface area contributed by atoms with Crippen LogP contribution in [0.5, 0.6) is 0 Å². The average Bonchev–Trinajstić information content (AvgIpc) is 2.18. The predicted molar refractivity (Wildman–Crippen MR) is 63.4 cm³/mol. The van der Waals surface area contributed by atoms with Crippen molar-refractivity contribution >= 4 is 25.8 Å². The highest BCUT2D eigenvalue weighted by molar-refractivity contribution is 9.10. The molecule has 2 unspecified atom stereocenters. The van der Waals surface area contributed by atoms with E-state index in [0.29, 0.717) is 4.47 Å². The molecule has 0 aliphatic rings. The Morgan fingerprint density at radius 3 is 2.50 bits per heavy atom. The first-order valence-corrected chi connectivity index (χ1v) is 7.30. The summed E-state index contributed by atoms with van der Waals surface area (Å²) >= 11 is 3.14. The number of halogens is 2. The molecule has 16 heavy (non-hydrogen) atoms. The van der Waals surface area contributed by atoms with E-state index in [9.17, 15) is 17.9 Å². The number of hydrogen-bond donors (Lipinski definition) is 1. The van der Waals surface area contributed by atoms with Gasteiger partial charge in [0.15, 0.2) is 9.84 Å². The molecule has 0 aromatic heterocycles. The fraction of sp³-hybridized carbons (Fsp3) is 0.400. The normalized spacial score (nSPS) is 15.8. The van der Waals surface area contributed by atoms with Crippen molar-refractivity contribution in [1.29, 1.82) is 0 Å². The van der Waals surface area contributed by atoms with Gasteiger partial charge in [-0.1, -0.05) is 15.9 Å². The minimum absolute atomic E-state index is 0.0210. The predicted octanol–water partition coefficient (Wildman–Crippen LogP) is 2.05. The van der Waals surface area contributed by atoms with E-state index in [1.165, 1.54) is 25.1 Å². The van der Waals surface area contributed by atoms with Crippen LogP contribution in [0.3, 0.4) is 0 Å². The minimum atomic E-state index is -3.41. The molecule has 90 valence electrons. The van der Waals surface area contributed by atoms with Gasteiger partial charge in [0.25, 0.3) is 0 Å². The largest absolute Gasteiger partial charge is 0.387 e. The van der Waals surface area contributed by atoms with Gasteiger partial charge in [-0.05, 0) is 25.1 Å². The van der Waals surface area contributed by atoms with E-state index in [0.717, 1.165) is 6.26 Å². The van der Waals surface area contributed by atoms with Crippen LogP contribution >= 0.6 is 15.9 Å². The molecule has 0 heterocycles. The molecule has 0 fully saturated rings. The quantitative estimate of drug-likeness (QED) is 0.929. The van der Waals surface area contributed by atoms with E-state index in [1.54, 1.807) is 0 Å². The van der Waals surface area contributed by atoms with Crippen LogP contribution in [0.4, 0.5) is 4.39 Å². The molecule has 0 spiro atoms. The highest BCUT2D eigenvalue weighted by Crippen LogP contribution is 2.26. The molecule has 1 N–H and O–H groups in total. The van der Waals surface area contributed by atoms with Crippen molar-refractivity contribution < 1.29 is 17.9 Å². The summed E-state index contributed by atoms with van der Waals surface area (Å²) in [6, 6.07) is 4.04. The van der Waals surface area contributed by atoms with Gasteiger partial charge in [-0.3, -0.25) is 0 Å². The van der Waals surface area contributed by atoms with Crippen LogP contribution in [0.25, 0.3) is 0 Å². The fourth-order valence-corrected chi connectivity index (χ4v) is 2.22. The topological polar surface area (TPSA) is 54.4 Å². The Bertz CT molecular complexity index is 487. The molecule has 0 saturated heterocycles. The van der Waals surface area contributed by atoms with Crippen molar-refractivity contribution in [2.45, 2.75) is 18.3 Å². The van der Waals surface area contributed by atoms with E-state index in [1.807, 2.05) is 0 Å². The Morgan fingerprint density at radius 2 is 2.00 bits per heavy atom. The van der Waals surface area contributed by atoms with Crippen LogP contribution in [0.2, 0.25) is 0 Å². The Balaban J connectivity index is 3.14. The third-order valence-electron chi connectivity index (χ3n) is 2.40. The molecule has 1 rings (SSSR count). The Labute approximate surface area is 102 Å². The van der Waals surface area contributed by atoms with Gasteiger partial charge < -0.3 is 5.11 Å². The van der Waals surface area contributed by atoms with Gasteiger partial charge in [-0.15, -0.1) is 0 Å². The number of aliphatic hydroxyl groups excluding tert-OH is 1. The highest BCUT2D eigenvalue weighted by atomic mass is 79.9. The van der Waals surface area contributed by atoms with Crippen molar-refractivity contribution in [3.8, 4) is 0 Å². The zero-order valence-electron chi connectivity index (χ0n) is 8.81. The molecule has 6 heteroatoms. The van der Waals surface area contributed by atoms with Crippen molar-refractivity contribution in [3.05, 3.63) is 34.1 Å². The van der Waals surface area contributed by atoms with Crippen LogP contribution in [-0.2, 0) is 9.84 Å². The van der Waals surface area contributed by atoms with E-state index in [-0.39, 0.29) is 5.56 Å². The van der Waals surface area contributed by atoms with E-state index in [4.69, 9.17) is 0 Å². The second kappa shape index (κ2) is 4.81. The lowest BCUT2D eigenvalue weighted by Gasteiger charge is -2.18. The summed E-state index contributed by atoms with van der Waals surface area (Å²) in [5.74, 6) is -0.619. The van der Waals surface area contributed by atoms with Crippen LogP contribution < -0.4 is 0 Å². The maximum Gasteiger partial charge on any atom is 0.152 e. The van der Waals surface area contributed by atoms with Crippen molar-refractivity contribution in [1.82, 2.24) is 0 Å². The first kappa shape index (κ1) is 13.6. The number of rotatable bonds is 3. The summed E-state index contributed by atoms with van der Waals surface area (Å²) in [6.07, 6.45) is -0.357. The molecular weight excluding hydrogens is 299 g/mol. The van der Waals surface area contributed by atoms with Crippen molar-refractivity contribution in [2.75, 3.05) is 6.26 Å². The smallest absolute Gasteiger partial charge is 0.152 e. The molecular formula is C10H12BrFO3S. The third kappa shape index (κ3) is 3.02. The Morgan fingerprint density at radius 1 is 1.44 bits per heavy atom. The zero-order valence-corrected chi connectivity index (χ0v) is 11.2. The standard InChI is InChI=1S/C10H12BrFO3S/c1-6(16(2,14)15)10(13)8-5-7(11)3-4-9(8)12/h3-6,10,13H,1-2H3. The van der Waals surface area contributed by atoms with Gasteiger partial charge in [-0.2, -0.15) is 0 Å². The molecule has 1 aromatic carbocycles. The first-order valence-electron chi connectivity index (χ1n) is 4.55. The maximum atomic E-state index is 13.4. The number of hydrogen-bond acceptors (Lipinski definition) is 3. The van der Waals surface area contributed by atoms with Crippen molar-refractivity contribution in [2.24, 2.45) is 0 Å². The van der Waals surface area contributed by atoms with Gasteiger partial charge in [0, 0.05) is 16.3 Å². The van der Waals surface area contributed by atoms with E-state index < -0.39 is 27.0 Å². The molecule has 0 bridgehead atoms. The van der Waals surface area contributed by atoms with Gasteiger partial charge in [0.1, 0.15) is 5.82 Å². The Kier molecular flexibility index (Phi) is 4.09. The lowest BCUT2D eigenvalue weighted by molar-refractivity contribution is 0.171. The molecule has 0 amide bonds. The van der Waals surface area contributed by atoms with Crippen LogP contribution in [0.1, 0.15) is 18.6 Å². The monoisotopic (exact) mass is 310 g/mol. The van der Waals surface area contributed by atoms with Gasteiger partial charge >= 0.3 is 0 Å². The van der Waals surface area contributed by atoms with Gasteiger partial charge in [0.2, 0.25) is 0 Å². The second-order valence-electron chi connectivity index (χ2n) is 3.65. The molecule has 0 aliphatic heterocycles. The number of sulfone groups is 1. The fourth-order valence-electron chi connectivity index (χ4n) is 1.23. The summed E-state index contributed by atoms with van der Waals surface area (Å²) in [4.78, 5) is 0. The third-order valence-corrected chi connectivity index (χ3v) is 4.50. The SMILES string of the molecule is CC(C(O)c1cc(Br)ccc1F)S(C)(=O)=O. The van der Waals surface area contributed by atoms with Gasteiger partial charge in [0.05, 0.1) is 11.4 Å². The average molecular weight is 311 g/mol. The van der Waals surface area contributed by atoms with E-state index in [2.05, 4.69) is 15.9 Å². The highest BCUT2D eigenvalue weighted by Gasteiger charge is 2.27. The molecule has 1 aromatic rings. The summed E-state index contributed by atoms with van der Waals surface area (Å²) in [6.45, 7) is 1.35. The number of benzene rings is 1. The molecule has 3 nitrogen and oxygen atoms in total. The number of aliphatic hydroxyl groups is 1. The first-order chi connectivity index (χ1) is 7.23. The van der Waals surface area contributed by atoms with Gasteiger partial charge in [-0.25, -0.2) is 12.8 Å². The van der Waals surface area contributed by atoms with E-state index >= 15 is 0 Å². The summed E-state index contributed by atoms with van der Waals surface area (Å²) in [7, 11) is -3.41. The van der Waals surface area contributed by atoms with Crippen LogP contribution in [0.15, 0.2) is 22.7 Å².